The molecule has 1 N–H and O–H groups in total. The molecular weight excluding hydrogens is 389 g/mol. The van der Waals surface area contributed by atoms with Gasteiger partial charge in [-0.25, -0.2) is 9.22 Å². The van der Waals surface area contributed by atoms with E-state index in [-0.39, 0.29) is 10.7 Å². The van der Waals surface area contributed by atoms with E-state index in [1.54, 1.807) is 36.5 Å². The van der Waals surface area contributed by atoms with Crippen molar-refractivity contribution >= 4 is 32.2 Å². The summed E-state index contributed by atoms with van der Waals surface area (Å²) in [6, 6.07) is 13.1. The summed E-state index contributed by atoms with van der Waals surface area (Å²) in [7, 11) is -3.68. The summed E-state index contributed by atoms with van der Waals surface area (Å²) >= 11 is 0. The topological polar surface area (TPSA) is 71.4 Å². The van der Waals surface area contributed by atoms with E-state index in [0.29, 0.717) is 19.3 Å². The van der Waals surface area contributed by atoms with Gasteiger partial charge < -0.3 is 0 Å². The maximum absolute atomic E-state index is 13.7. The summed E-state index contributed by atoms with van der Waals surface area (Å²) in [5, 5.41) is 4.90. The van der Waals surface area contributed by atoms with Crippen LogP contribution in [0.25, 0.3) is 16.5 Å². The van der Waals surface area contributed by atoms with Gasteiger partial charge in [0.2, 0.25) is 0 Å². The summed E-state index contributed by atoms with van der Waals surface area (Å²) < 4.78 is 38.4. The van der Waals surface area contributed by atoms with Crippen LogP contribution in [0.1, 0.15) is 30.4 Å². The van der Waals surface area contributed by atoms with Crippen molar-refractivity contribution < 1.29 is 12.8 Å². The zero-order valence-electron chi connectivity index (χ0n) is 15.9. The summed E-state index contributed by atoms with van der Waals surface area (Å²) in [6.45, 7) is 1.90. The Morgan fingerprint density at radius 3 is 2.59 bits per heavy atom. The van der Waals surface area contributed by atoms with Crippen LogP contribution in [0.2, 0.25) is 0 Å². The molecule has 4 rings (SSSR count). The first kappa shape index (κ1) is 19.3. The maximum Gasteiger partial charge on any atom is 0.276 e. The number of benzene rings is 2. The number of nitrogens with one attached hydrogen (secondary N) is 1. The lowest BCUT2D eigenvalue weighted by atomic mass is 9.91. The van der Waals surface area contributed by atoms with Crippen molar-refractivity contribution in [2.45, 2.75) is 31.1 Å². The Bertz CT molecular complexity index is 1230. The number of aromatic nitrogens is 1. The summed E-state index contributed by atoms with van der Waals surface area (Å²) in [5.41, 5.74) is 4.53. The number of hydrogen-bond donors (Lipinski definition) is 1. The molecule has 0 saturated carbocycles. The number of fused-ring (bicyclic) bond motifs is 1. The van der Waals surface area contributed by atoms with E-state index in [1.807, 2.05) is 19.1 Å². The second-order valence-electron chi connectivity index (χ2n) is 7.04. The van der Waals surface area contributed by atoms with Gasteiger partial charge in [-0.2, -0.15) is 13.5 Å². The normalized spacial score (nSPS) is 16.1. The number of aryl methyl sites for hydroxylation is 1. The number of rotatable bonds is 4. The van der Waals surface area contributed by atoms with Gasteiger partial charge in [0.05, 0.1) is 10.4 Å². The summed E-state index contributed by atoms with van der Waals surface area (Å²) in [4.78, 5) is 6.80. The van der Waals surface area contributed by atoms with E-state index in [9.17, 15) is 12.8 Å². The largest absolute Gasteiger partial charge is 0.276 e. The van der Waals surface area contributed by atoms with Crippen LogP contribution in [-0.4, -0.2) is 19.1 Å². The van der Waals surface area contributed by atoms with E-state index < -0.39 is 10.0 Å². The van der Waals surface area contributed by atoms with Gasteiger partial charge in [0, 0.05) is 23.7 Å². The molecule has 0 amide bonds. The number of halogens is 1. The van der Waals surface area contributed by atoms with Gasteiger partial charge in [0.15, 0.2) is 0 Å². The third kappa shape index (κ3) is 4.19. The number of pyridine rings is 1. The van der Waals surface area contributed by atoms with Crippen LogP contribution >= 0.6 is 0 Å². The van der Waals surface area contributed by atoms with Crippen LogP contribution < -0.4 is 4.83 Å². The molecule has 0 saturated heterocycles. The van der Waals surface area contributed by atoms with Gasteiger partial charge >= 0.3 is 0 Å². The van der Waals surface area contributed by atoms with E-state index in [1.165, 1.54) is 12.1 Å². The first-order valence-electron chi connectivity index (χ1n) is 9.30. The van der Waals surface area contributed by atoms with Crippen molar-refractivity contribution in [3.63, 3.8) is 0 Å². The average Bonchev–Trinajstić information content (AvgIpc) is 2.73. The number of hydrazone groups is 1. The monoisotopic (exact) mass is 409 g/mol. The molecule has 0 bridgehead atoms. The van der Waals surface area contributed by atoms with Crippen molar-refractivity contribution in [3.8, 4) is 0 Å². The molecule has 0 atom stereocenters. The predicted octanol–water partition coefficient (Wildman–Crippen LogP) is 4.58. The standard InChI is InChI=1S/C22H20FN3O2S/c1-15-2-9-19(10-3-15)29(27,28)26-25-18-7-4-16(5-8-18)20-12-13-24-22-11-6-17(23)14-21(20)22/h2-4,6,9-14,26H,5,7-8H2,1H3/b25-18-. The van der Waals surface area contributed by atoms with Crippen LogP contribution in [0.15, 0.2) is 70.8 Å². The molecule has 7 heteroatoms. The zero-order chi connectivity index (χ0) is 20.4. The highest BCUT2D eigenvalue weighted by Gasteiger charge is 2.16. The van der Waals surface area contributed by atoms with Gasteiger partial charge in [0.25, 0.3) is 10.0 Å². The van der Waals surface area contributed by atoms with Crippen LogP contribution in [0.4, 0.5) is 4.39 Å². The fourth-order valence-corrected chi connectivity index (χ4v) is 4.21. The molecule has 1 aliphatic rings. The van der Waals surface area contributed by atoms with E-state index in [0.717, 1.165) is 33.3 Å². The molecule has 29 heavy (non-hydrogen) atoms. The lowest BCUT2D eigenvalue weighted by Gasteiger charge is -2.17. The van der Waals surface area contributed by atoms with Gasteiger partial charge in [-0.15, -0.1) is 0 Å². The minimum Gasteiger partial charge on any atom is -0.256 e. The molecule has 0 aliphatic heterocycles. The van der Waals surface area contributed by atoms with Crippen LogP contribution in [-0.2, 0) is 10.0 Å². The third-order valence-electron chi connectivity index (χ3n) is 4.97. The highest BCUT2D eigenvalue weighted by molar-refractivity contribution is 7.89. The summed E-state index contributed by atoms with van der Waals surface area (Å²) in [5.74, 6) is -0.295. The number of nitrogens with zero attached hydrogens (tertiary/aromatic N) is 2. The van der Waals surface area contributed by atoms with Crippen molar-refractivity contribution in [2.24, 2.45) is 5.10 Å². The number of allylic oxidation sites excluding steroid dienone is 2. The molecule has 0 unspecified atom stereocenters. The van der Waals surface area contributed by atoms with Crippen molar-refractivity contribution in [1.29, 1.82) is 0 Å². The van der Waals surface area contributed by atoms with Crippen LogP contribution in [0.3, 0.4) is 0 Å². The Balaban J connectivity index is 1.53. The molecule has 2 aromatic carbocycles. The molecule has 148 valence electrons. The minimum atomic E-state index is -3.68. The van der Waals surface area contributed by atoms with Crippen LogP contribution in [0, 0.1) is 12.7 Å². The Kier molecular flexibility index (Phi) is 5.15. The first-order valence-corrected chi connectivity index (χ1v) is 10.8. The highest BCUT2D eigenvalue weighted by atomic mass is 32.2. The van der Waals surface area contributed by atoms with E-state index in [2.05, 4.69) is 14.9 Å². The molecule has 1 aliphatic carbocycles. The van der Waals surface area contributed by atoms with Gasteiger partial charge in [-0.05, 0) is 67.3 Å². The van der Waals surface area contributed by atoms with Crippen molar-refractivity contribution in [1.82, 2.24) is 9.82 Å². The fraction of sp³-hybridized carbons (Fsp3) is 0.182. The molecule has 1 aromatic heterocycles. The van der Waals surface area contributed by atoms with Gasteiger partial charge in [-0.3, -0.25) is 4.98 Å². The van der Waals surface area contributed by atoms with E-state index in [4.69, 9.17) is 0 Å². The molecule has 1 heterocycles. The maximum atomic E-state index is 13.7. The predicted molar refractivity (Wildman–Crippen MR) is 112 cm³/mol. The molecule has 0 spiro atoms. The number of hydrogen-bond acceptors (Lipinski definition) is 4. The van der Waals surface area contributed by atoms with Crippen molar-refractivity contribution in [3.05, 3.63) is 77.7 Å². The molecule has 5 nitrogen and oxygen atoms in total. The lowest BCUT2D eigenvalue weighted by molar-refractivity contribution is 0.584. The minimum absolute atomic E-state index is 0.185. The molecule has 0 fully saturated rings. The summed E-state index contributed by atoms with van der Waals surface area (Å²) in [6.07, 6.45) is 5.59. The van der Waals surface area contributed by atoms with Crippen molar-refractivity contribution in [2.75, 3.05) is 0 Å². The van der Waals surface area contributed by atoms with Gasteiger partial charge in [-0.1, -0.05) is 23.8 Å². The Hall–Kier alpha value is -3.06. The Labute approximate surface area is 169 Å². The quantitative estimate of drug-likeness (QED) is 0.641. The lowest BCUT2D eigenvalue weighted by Crippen LogP contribution is -2.21. The third-order valence-corrected chi connectivity index (χ3v) is 6.20. The van der Waals surface area contributed by atoms with Crippen LogP contribution in [0.5, 0.6) is 0 Å². The Morgan fingerprint density at radius 1 is 1.07 bits per heavy atom. The highest BCUT2D eigenvalue weighted by Crippen LogP contribution is 2.30. The molecule has 0 radical (unpaired) electrons. The average molecular weight is 409 g/mol. The Morgan fingerprint density at radius 2 is 1.86 bits per heavy atom. The second kappa shape index (κ2) is 7.75. The smallest absolute Gasteiger partial charge is 0.256 e. The second-order valence-corrected chi connectivity index (χ2v) is 8.70. The molecular formula is C22H20FN3O2S. The number of sulfonamides is 1. The van der Waals surface area contributed by atoms with Gasteiger partial charge in [0.1, 0.15) is 5.82 Å². The fourth-order valence-electron chi connectivity index (χ4n) is 3.36. The SMILES string of the molecule is Cc1ccc(S(=O)(=O)N/N=C2/CC=C(c3ccnc4ccc(F)cc34)CC2)cc1. The molecule has 3 aromatic rings. The van der Waals surface area contributed by atoms with E-state index >= 15 is 0 Å². The zero-order valence-corrected chi connectivity index (χ0v) is 16.7. The first-order chi connectivity index (χ1) is 13.9.